The quantitative estimate of drug-likeness (QED) is 0.847. The Hall–Kier alpha value is -2.00. The molecule has 0 heterocycles. The number of nitrogens with zero attached hydrogens (tertiary/aromatic N) is 1. The average molecular weight is 312 g/mol. The fraction of sp³-hybridized carbons (Fsp3) is 0.400. The Morgan fingerprint density at radius 2 is 1.61 bits per heavy atom. The van der Waals surface area contributed by atoms with E-state index in [0.717, 1.165) is 24.5 Å². The Balaban J connectivity index is 2.01. The van der Waals surface area contributed by atoms with Crippen LogP contribution in [-0.4, -0.2) is 24.6 Å². The molecule has 0 aliphatic heterocycles. The lowest BCUT2D eigenvalue weighted by atomic mass is 10.1. The molecule has 0 unspecified atom stereocenters. The second kappa shape index (κ2) is 7.51. The van der Waals surface area contributed by atoms with Crippen LogP contribution in [0, 0.1) is 0 Å². The first kappa shape index (κ1) is 17.4. The molecule has 124 valence electrons. The molecule has 2 aromatic carbocycles. The first-order chi connectivity index (χ1) is 10.8. The van der Waals surface area contributed by atoms with Crippen LogP contribution in [0.15, 0.2) is 48.5 Å². The molecule has 0 fully saturated rings. The topological polar surface area (TPSA) is 24.5 Å². The van der Waals surface area contributed by atoms with Gasteiger partial charge in [0.25, 0.3) is 0 Å². The highest BCUT2D eigenvalue weighted by molar-refractivity contribution is 5.46. The maximum Gasteiger partial charge on any atom is 0.125 e. The van der Waals surface area contributed by atoms with Crippen molar-refractivity contribution in [1.29, 1.82) is 0 Å². The van der Waals surface area contributed by atoms with Gasteiger partial charge in [-0.05, 0) is 58.6 Å². The van der Waals surface area contributed by atoms with Crippen molar-refractivity contribution in [3.8, 4) is 5.75 Å². The van der Waals surface area contributed by atoms with Crippen molar-refractivity contribution in [2.45, 2.75) is 39.5 Å². The molecule has 0 aliphatic carbocycles. The second-order valence-corrected chi connectivity index (χ2v) is 7.11. The highest BCUT2D eigenvalue weighted by atomic mass is 16.5. The number of benzene rings is 2. The Labute approximate surface area is 140 Å². The molecule has 23 heavy (non-hydrogen) atoms. The van der Waals surface area contributed by atoms with Gasteiger partial charge in [0, 0.05) is 24.3 Å². The van der Waals surface area contributed by atoms with Gasteiger partial charge in [-0.2, -0.15) is 0 Å². The van der Waals surface area contributed by atoms with Crippen molar-refractivity contribution in [2.75, 3.05) is 19.4 Å². The largest absolute Gasteiger partial charge is 0.488 e. The van der Waals surface area contributed by atoms with Gasteiger partial charge in [0.15, 0.2) is 0 Å². The zero-order valence-corrected chi connectivity index (χ0v) is 14.9. The fourth-order valence-electron chi connectivity index (χ4n) is 2.37. The van der Waals surface area contributed by atoms with E-state index in [9.17, 15) is 0 Å². The van der Waals surface area contributed by atoms with Crippen molar-refractivity contribution in [3.63, 3.8) is 0 Å². The molecule has 2 aromatic rings. The van der Waals surface area contributed by atoms with Gasteiger partial charge >= 0.3 is 0 Å². The third kappa shape index (κ3) is 5.95. The second-order valence-electron chi connectivity index (χ2n) is 7.11. The Morgan fingerprint density at radius 3 is 2.22 bits per heavy atom. The molecule has 2 rings (SSSR count). The molecule has 3 heteroatoms. The molecule has 0 aliphatic rings. The van der Waals surface area contributed by atoms with Crippen molar-refractivity contribution in [2.24, 2.45) is 0 Å². The normalized spacial score (nSPS) is 11.6. The lowest BCUT2D eigenvalue weighted by Gasteiger charge is -2.23. The average Bonchev–Trinajstić information content (AvgIpc) is 2.46. The smallest absolute Gasteiger partial charge is 0.125 e. The van der Waals surface area contributed by atoms with Crippen molar-refractivity contribution in [1.82, 2.24) is 4.90 Å². The first-order valence-corrected chi connectivity index (χ1v) is 8.08. The summed E-state index contributed by atoms with van der Waals surface area (Å²) in [6.07, 6.45) is 0. The van der Waals surface area contributed by atoms with Gasteiger partial charge in [-0.1, -0.05) is 30.3 Å². The van der Waals surface area contributed by atoms with E-state index in [1.54, 1.807) is 0 Å². The number of ether oxygens (including phenoxy) is 1. The van der Waals surface area contributed by atoms with Crippen LogP contribution < -0.4 is 10.1 Å². The molecule has 1 N–H and O–H groups in total. The van der Waals surface area contributed by atoms with E-state index in [4.69, 9.17) is 4.74 Å². The highest BCUT2D eigenvalue weighted by Gasteiger charge is 2.14. The summed E-state index contributed by atoms with van der Waals surface area (Å²) in [5.41, 5.74) is 3.42. The summed E-state index contributed by atoms with van der Waals surface area (Å²) in [4.78, 5) is 2.17. The Kier molecular flexibility index (Phi) is 5.67. The minimum Gasteiger partial charge on any atom is -0.488 e. The van der Waals surface area contributed by atoms with E-state index >= 15 is 0 Å². The highest BCUT2D eigenvalue weighted by Crippen LogP contribution is 2.24. The van der Waals surface area contributed by atoms with Gasteiger partial charge in [-0.15, -0.1) is 0 Å². The van der Waals surface area contributed by atoms with E-state index in [2.05, 4.69) is 75.4 Å². The monoisotopic (exact) mass is 312 g/mol. The predicted molar refractivity (Wildman–Crippen MR) is 98.0 cm³/mol. The summed E-state index contributed by atoms with van der Waals surface area (Å²) in [6.45, 7) is 7.92. The van der Waals surface area contributed by atoms with Crippen LogP contribution in [0.2, 0.25) is 0 Å². The SMILES string of the molecule is CN(C)Cc1ccc(NCc2ccccc2OC(C)(C)C)cc1. The number of hydrogen-bond acceptors (Lipinski definition) is 3. The molecule has 0 radical (unpaired) electrons. The Morgan fingerprint density at radius 1 is 0.957 bits per heavy atom. The summed E-state index contributed by atoms with van der Waals surface area (Å²) < 4.78 is 6.04. The van der Waals surface area contributed by atoms with Gasteiger partial charge in [-0.3, -0.25) is 0 Å². The van der Waals surface area contributed by atoms with Gasteiger partial charge in [0.1, 0.15) is 11.4 Å². The molecule has 0 aromatic heterocycles. The van der Waals surface area contributed by atoms with Gasteiger partial charge < -0.3 is 15.0 Å². The summed E-state index contributed by atoms with van der Waals surface area (Å²) >= 11 is 0. The lowest BCUT2D eigenvalue weighted by Crippen LogP contribution is -2.23. The Bertz CT molecular complexity index is 612. The summed E-state index contributed by atoms with van der Waals surface area (Å²) in [5, 5.41) is 3.47. The predicted octanol–water partition coefficient (Wildman–Crippen LogP) is 4.54. The number of nitrogens with one attached hydrogen (secondary N) is 1. The molecule has 0 saturated carbocycles. The van der Waals surface area contributed by atoms with Crippen LogP contribution in [0.1, 0.15) is 31.9 Å². The van der Waals surface area contributed by atoms with Crippen LogP contribution >= 0.6 is 0 Å². The van der Waals surface area contributed by atoms with E-state index in [1.807, 2.05) is 18.2 Å². The van der Waals surface area contributed by atoms with Crippen LogP contribution in [0.25, 0.3) is 0 Å². The molecule has 0 amide bonds. The van der Waals surface area contributed by atoms with E-state index in [1.165, 1.54) is 11.1 Å². The van der Waals surface area contributed by atoms with Crippen LogP contribution in [0.5, 0.6) is 5.75 Å². The third-order valence-electron chi connectivity index (χ3n) is 3.32. The fourth-order valence-corrected chi connectivity index (χ4v) is 2.37. The zero-order chi connectivity index (χ0) is 16.9. The van der Waals surface area contributed by atoms with E-state index < -0.39 is 0 Å². The number of para-hydroxylation sites is 1. The standard InChI is InChI=1S/C20H28N2O/c1-20(2,3)23-19-9-7-6-8-17(19)14-21-18-12-10-16(11-13-18)15-22(4)5/h6-13,21H,14-15H2,1-5H3. The van der Waals surface area contributed by atoms with Crippen LogP contribution in [0.4, 0.5) is 5.69 Å². The van der Waals surface area contributed by atoms with Crippen molar-refractivity contribution in [3.05, 3.63) is 59.7 Å². The molecular formula is C20H28N2O. The molecule has 0 bridgehead atoms. The molecule has 3 nitrogen and oxygen atoms in total. The summed E-state index contributed by atoms with van der Waals surface area (Å²) in [6, 6.07) is 16.8. The van der Waals surface area contributed by atoms with Crippen LogP contribution in [0.3, 0.4) is 0 Å². The lowest BCUT2D eigenvalue weighted by molar-refractivity contribution is 0.129. The third-order valence-corrected chi connectivity index (χ3v) is 3.32. The summed E-state index contributed by atoms with van der Waals surface area (Å²) in [7, 11) is 4.16. The van der Waals surface area contributed by atoms with E-state index in [-0.39, 0.29) is 5.60 Å². The number of anilines is 1. The molecule has 0 saturated heterocycles. The minimum atomic E-state index is -0.191. The minimum absolute atomic E-state index is 0.191. The van der Waals surface area contributed by atoms with E-state index in [0.29, 0.717) is 0 Å². The maximum absolute atomic E-state index is 6.04. The van der Waals surface area contributed by atoms with Crippen LogP contribution in [-0.2, 0) is 13.1 Å². The molecule has 0 spiro atoms. The van der Waals surface area contributed by atoms with Crippen molar-refractivity contribution >= 4 is 5.69 Å². The van der Waals surface area contributed by atoms with Gasteiger partial charge in [0.2, 0.25) is 0 Å². The molecular weight excluding hydrogens is 284 g/mol. The maximum atomic E-state index is 6.04. The number of rotatable bonds is 6. The van der Waals surface area contributed by atoms with Gasteiger partial charge in [0.05, 0.1) is 0 Å². The summed E-state index contributed by atoms with van der Waals surface area (Å²) in [5.74, 6) is 0.941. The van der Waals surface area contributed by atoms with Gasteiger partial charge in [-0.25, -0.2) is 0 Å². The first-order valence-electron chi connectivity index (χ1n) is 8.08. The zero-order valence-electron chi connectivity index (χ0n) is 14.9. The molecule has 0 atom stereocenters. The van der Waals surface area contributed by atoms with Crippen molar-refractivity contribution < 1.29 is 4.74 Å². The number of hydrogen-bond donors (Lipinski definition) is 1.